The smallest absolute Gasteiger partial charge is 0.246 e. The zero-order valence-corrected chi connectivity index (χ0v) is 12.3. The fourth-order valence-electron chi connectivity index (χ4n) is 2.45. The first kappa shape index (κ1) is 14.3. The van der Waals surface area contributed by atoms with Gasteiger partial charge in [0.25, 0.3) is 0 Å². The molecule has 0 bridgehead atoms. The summed E-state index contributed by atoms with van der Waals surface area (Å²) in [5, 5.41) is 3.98. The van der Waals surface area contributed by atoms with Gasteiger partial charge in [-0.15, -0.1) is 0 Å². The third kappa shape index (κ3) is 3.27. The highest BCUT2D eigenvalue weighted by atomic mass is 32.2. The minimum Gasteiger partial charge on any atom is -0.381 e. The Kier molecular flexibility index (Phi) is 4.15. The Bertz CT molecular complexity index is 530. The number of nitrogen functional groups attached to an aromatic ring is 1. The van der Waals surface area contributed by atoms with Gasteiger partial charge in [0.05, 0.1) is 0 Å². The van der Waals surface area contributed by atoms with Gasteiger partial charge < -0.3 is 5.73 Å². The van der Waals surface area contributed by atoms with Crippen LogP contribution in [-0.2, 0) is 16.6 Å². The van der Waals surface area contributed by atoms with E-state index >= 15 is 0 Å². The molecule has 3 N–H and O–H groups in total. The van der Waals surface area contributed by atoms with Gasteiger partial charge in [-0.25, -0.2) is 13.1 Å². The Hall–Kier alpha value is -1.08. The highest BCUT2D eigenvalue weighted by Crippen LogP contribution is 2.25. The number of sulfonamides is 1. The molecule has 108 valence electrons. The van der Waals surface area contributed by atoms with E-state index in [0.29, 0.717) is 12.5 Å². The summed E-state index contributed by atoms with van der Waals surface area (Å²) in [6, 6.07) is 0.0191. The molecule has 1 aromatic heterocycles. The van der Waals surface area contributed by atoms with Crippen LogP contribution in [0.4, 0.5) is 5.82 Å². The highest BCUT2D eigenvalue weighted by Gasteiger charge is 2.26. The molecule has 1 aliphatic rings. The van der Waals surface area contributed by atoms with Crippen LogP contribution in [0.3, 0.4) is 0 Å². The van der Waals surface area contributed by atoms with Crippen LogP contribution in [0.15, 0.2) is 11.1 Å². The van der Waals surface area contributed by atoms with Gasteiger partial charge in [0, 0.05) is 18.8 Å². The predicted molar refractivity (Wildman–Crippen MR) is 74.1 cm³/mol. The number of anilines is 1. The second kappa shape index (κ2) is 5.50. The number of hydrogen-bond donors (Lipinski definition) is 2. The molecule has 19 heavy (non-hydrogen) atoms. The third-order valence-electron chi connectivity index (χ3n) is 3.71. The lowest BCUT2D eigenvalue weighted by molar-refractivity contribution is 0.332. The zero-order valence-electron chi connectivity index (χ0n) is 11.5. The lowest BCUT2D eigenvalue weighted by Gasteiger charge is -2.26. The molecule has 1 aromatic rings. The van der Waals surface area contributed by atoms with Crippen molar-refractivity contribution in [1.29, 1.82) is 0 Å². The first-order valence-electron chi connectivity index (χ1n) is 6.77. The molecule has 0 saturated heterocycles. The normalized spacial score (nSPS) is 24.5. The lowest BCUT2D eigenvalue weighted by Crippen LogP contribution is -2.37. The van der Waals surface area contributed by atoms with E-state index < -0.39 is 10.0 Å². The summed E-state index contributed by atoms with van der Waals surface area (Å²) >= 11 is 0. The molecule has 1 heterocycles. The number of aromatic nitrogens is 2. The molecule has 0 atom stereocenters. The van der Waals surface area contributed by atoms with Crippen molar-refractivity contribution in [3.05, 3.63) is 6.20 Å². The lowest BCUT2D eigenvalue weighted by atomic mass is 9.88. The van der Waals surface area contributed by atoms with E-state index in [1.54, 1.807) is 0 Å². The van der Waals surface area contributed by atoms with Crippen LogP contribution >= 0.6 is 0 Å². The van der Waals surface area contributed by atoms with Gasteiger partial charge in [-0.3, -0.25) is 4.68 Å². The van der Waals surface area contributed by atoms with Crippen molar-refractivity contribution in [1.82, 2.24) is 14.5 Å². The Morgan fingerprint density at radius 2 is 2.05 bits per heavy atom. The van der Waals surface area contributed by atoms with E-state index in [1.165, 1.54) is 10.9 Å². The van der Waals surface area contributed by atoms with Gasteiger partial charge in [-0.1, -0.05) is 6.92 Å². The fraction of sp³-hybridized carbons (Fsp3) is 0.750. The van der Waals surface area contributed by atoms with Crippen LogP contribution in [0, 0.1) is 5.92 Å². The van der Waals surface area contributed by atoms with E-state index in [2.05, 4.69) is 16.7 Å². The Morgan fingerprint density at radius 3 is 2.58 bits per heavy atom. The Labute approximate surface area is 114 Å². The maximum Gasteiger partial charge on any atom is 0.246 e. The highest BCUT2D eigenvalue weighted by molar-refractivity contribution is 7.89. The van der Waals surface area contributed by atoms with Crippen LogP contribution in [0.25, 0.3) is 0 Å². The monoisotopic (exact) mass is 286 g/mol. The van der Waals surface area contributed by atoms with Gasteiger partial charge in [-0.05, 0) is 38.5 Å². The molecule has 2 rings (SSSR count). The molecule has 0 amide bonds. The van der Waals surface area contributed by atoms with E-state index in [-0.39, 0.29) is 16.8 Å². The van der Waals surface area contributed by atoms with Crippen molar-refractivity contribution in [2.75, 3.05) is 5.73 Å². The average Bonchev–Trinajstić information content (AvgIpc) is 2.74. The van der Waals surface area contributed by atoms with Crippen molar-refractivity contribution >= 4 is 15.8 Å². The molecular weight excluding hydrogens is 264 g/mol. The summed E-state index contributed by atoms with van der Waals surface area (Å²) in [6.45, 7) is 4.69. The Balaban J connectivity index is 2.11. The van der Waals surface area contributed by atoms with Crippen molar-refractivity contribution in [2.45, 2.75) is 57.0 Å². The summed E-state index contributed by atoms with van der Waals surface area (Å²) in [5.74, 6) is 0.757. The number of nitrogens with two attached hydrogens (primary N) is 1. The molecule has 1 fully saturated rings. The minimum atomic E-state index is -3.56. The molecule has 0 radical (unpaired) electrons. The largest absolute Gasteiger partial charge is 0.381 e. The van der Waals surface area contributed by atoms with Gasteiger partial charge in [0.2, 0.25) is 10.0 Å². The molecule has 0 unspecified atom stereocenters. The summed E-state index contributed by atoms with van der Waals surface area (Å²) in [6.07, 6.45) is 5.40. The summed E-state index contributed by atoms with van der Waals surface area (Å²) in [5.41, 5.74) is 5.68. The number of nitrogens with zero attached hydrogens (tertiary/aromatic N) is 2. The Morgan fingerprint density at radius 1 is 1.42 bits per heavy atom. The van der Waals surface area contributed by atoms with Crippen molar-refractivity contribution < 1.29 is 8.42 Å². The van der Waals surface area contributed by atoms with Gasteiger partial charge in [0.1, 0.15) is 4.90 Å². The molecule has 1 saturated carbocycles. The average molecular weight is 286 g/mol. The van der Waals surface area contributed by atoms with E-state index in [4.69, 9.17) is 5.73 Å². The van der Waals surface area contributed by atoms with E-state index in [9.17, 15) is 8.42 Å². The first-order chi connectivity index (χ1) is 8.92. The summed E-state index contributed by atoms with van der Waals surface area (Å²) in [4.78, 5) is 0.0907. The second-order valence-corrected chi connectivity index (χ2v) is 6.99. The zero-order chi connectivity index (χ0) is 14.0. The number of rotatable bonds is 4. The molecule has 7 heteroatoms. The summed E-state index contributed by atoms with van der Waals surface area (Å²) < 4.78 is 28.9. The molecule has 6 nitrogen and oxygen atoms in total. The van der Waals surface area contributed by atoms with Gasteiger partial charge in [-0.2, -0.15) is 5.10 Å². The van der Waals surface area contributed by atoms with Crippen molar-refractivity contribution in [2.24, 2.45) is 5.92 Å². The molecule has 0 aliphatic heterocycles. The van der Waals surface area contributed by atoms with Crippen LogP contribution in [0.5, 0.6) is 0 Å². The van der Waals surface area contributed by atoms with Crippen LogP contribution in [0.2, 0.25) is 0 Å². The van der Waals surface area contributed by atoms with Gasteiger partial charge in [0.15, 0.2) is 5.82 Å². The number of hydrogen-bond acceptors (Lipinski definition) is 4. The van der Waals surface area contributed by atoms with E-state index in [1.807, 2.05) is 6.92 Å². The topological polar surface area (TPSA) is 90.0 Å². The third-order valence-corrected chi connectivity index (χ3v) is 5.24. The SMILES string of the molecule is CCn1cc(S(=O)(=O)NC2CCC(C)CC2)c(N)n1. The fourth-order valence-corrected chi connectivity index (χ4v) is 3.83. The van der Waals surface area contributed by atoms with Crippen LogP contribution in [-0.4, -0.2) is 24.2 Å². The molecule has 0 spiro atoms. The first-order valence-corrected chi connectivity index (χ1v) is 8.26. The van der Waals surface area contributed by atoms with Crippen molar-refractivity contribution in [3.8, 4) is 0 Å². The number of nitrogens with one attached hydrogen (secondary N) is 1. The maximum absolute atomic E-state index is 12.3. The predicted octanol–water partition coefficient (Wildman–Crippen LogP) is 1.34. The minimum absolute atomic E-state index is 0.0191. The molecule has 0 aromatic carbocycles. The van der Waals surface area contributed by atoms with Crippen LogP contribution < -0.4 is 10.5 Å². The maximum atomic E-state index is 12.3. The second-order valence-electron chi connectivity index (χ2n) is 5.31. The van der Waals surface area contributed by atoms with Crippen molar-refractivity contribution in [3.63, 3.8) is 0 Å². The van der Waals surface area contributed by atoms with Crippen LogP contribution in [0.1, 0.15) is 39.5 Å². The molecular formula is C12H22N4O2S. The standard InChI is InChI=1S/C12H22N4O2S/c1-3-16-8-11(12(13)14-16)19(17,18)15-10-6-4-9(2)5-7-10/h8-10,15H,3-7H2,1-2H3,(H2,13,14). The van der Waals surface area contributed by atoms with Gasteiger partial charge >= 0.3 is 0 Å². The summed E-state index contributed by atoms with van der Waals surface area (Å²) in [7, 11) is -3.56. The van der Waals surface area contributed by atoms with E-state index in [0.717, 1.165) is 25.7 Å². The molecule has 1 aliphatic carbocycles. The number of aryl methyl sites for hydroxylation is 1. The quantitative estimate of drug-likeness (QED) is 0.874.